The molecule has 3 aromatic rings. The fourth-order valence-electron chi connectivity index (χ4n) is 2.97. The van der Waals surface area contributed by atoms with Crippen molar-refractivity contribution in [2.45, 2.75) is 13.0 Å². The lowest BCUT2D eigenvalue weighted by atomic mass is 10.1. The van der Waals surface area contributed by atoms with Gasteiger partial charge in [0.25, 0.3) is 0 Å². The quantitative estimate of drug-likeness (QED) is 0.709. The van der Waals surface area contributed by atoms with Crippen molar-refractivity contribution in [2.24, 2.45) is 0 Å². The molecule has 26 heavy (non-hydrogen) atoms. The van der Waals surface area contributed by atoms with Gasteiger partial charge in [-0.15, -0.1) is 0 Å². The number of nitrogens with zero attached hydrogens (tertiary/aromatic N) is 3. The van der Waals surface area contributed by atoms with Gasteiger partial charge in [0.1, 0.15) is 5.82 Å². The summed E-state index contributed by atoms with van der Waals surface area (Å²) in [7, 11) is 5.19. The number of ether oxygens (including phenoxy) is 2. The molecular formula is C20H22N4O2. The van der Waals surface area contributed by atoms with E-state index in [2.05, 4.69) is 16.0 Å². The molecule has 0 saturated carbocycles. The summed E-state index contributed by atoms with van der Waals surface area (Å²) in [6.45, 7) is 1.52. The smallest absolute Gasteiger partial charge is 0.163 e. The molecule has 0 saturated heterocycles. The second-order valence-corrected chi connectivity index (χ2v) is 5.97. The van der Waals surface area contributed by atoms with Crippen LogP contribution in [0.4, 0.5) is 0 Å². The number of hydrogen-bond acceptors (Lipinski definition) is 5. The summed E-state index contributed by atoms with van der Waals surface area (Å²) >= 11 is 0. The zero-order chi connectivity index (χ0) is 18.5. The van der Waals surface area contributed by atoms with Crippen LogP contribution in [0.1, 0.15) is 17.0 Å². The minimum atomic E-state index is 0.658. The second-order valence-electron chi connectivity index (χ2n) is 5.97. The van der Waals surface area contributed by atoms with Crippen LogP contribution >= 0.6 is 0 Å². The number of benzene rings is 2. The van der Waals surface area contributed by atoms with E-state index >= 15 is 0 Å². The molecule has 2 aromatic carbocycles. The standard InChI is InChI=1S/C20H22N4O2/c1-22-9-8-20-23-16-10-18(25-2)19(26-3)11-17(16)24(20)13-15-6-4-14(12-21)5-7-15/h4-7,10-11,22H,8-9,13H2,1-3H3. The van der Waals surface area contributed by atoms with Crippen LogP contribution in [-0.4, -0.2) is 37.4 Å². The third-order valence-electron chi connectivity index (χ3n) is 4.35. The third kappa shape index (κ3) is 3.48. The number of fused-ring (bicyclic) bond motifs is 1. The van der Waals surface area contributed by atoms with E-state index in [1.54, 1.807) is 14.2 Å². The minimum Gasteiger partial charge on any atom is -0.493 e. The van der Waals surface area contributed by atoms with Gasteiger partial charge in [0.2, 0.25) is 0 Å². The molecule has 0 spiro atoms. The number of rotatable bonds is 7. The highest BCUT2D eigenvalue weighted by atomic mass is 16.5. The van der Waals surface area contributed by atoms with Gasteiger partial charge in [-0.05, 0) is 24.7 Å². The van der Waals surface area contributed by atoms with E-state index in [0.29, 0.717) is 23.6 Å². The van der Waals surface area contributed by atoms with E-state index in [-0.39, 0.29) is 0 Å². The number of methoxy groups -OCH3 is 2. The molecule has 0 aliphatic heterocycles. The molecule has 1 N–H and O–H groups in total. The Hall–Kier alpha value is -3.04. The monoisotopic (exact) mass is 350 g/mol. The summed E-state index contributed by atoms with van der Waals surface area (Å²) in [6, 6.07) is 13.7. The highest BCUT2D eigenvalue weighted by Gasteiger charge is 2.15. The van der Waals surface area contributed by atoms with Crippen LogP contribution in [0.2, 0.25) is 0 Å². The van der Waals surface area contributed by atoms with Crippen LogP contribution in [-0.2, 0) is 13.0 Å². The average molecular weight is 350 g/mol. The van der Waals surface area contributed by atoms with Gasteiger partial charge in [-0.3, -0.25) is 0 Å². The van der Waals surface area contributed by atoms with Gasteiger partial charge in [0, 0.05) is 31.6 Å². The largest absolute Gasteiger partial charge is 0.493 e. The van der Waals surface area contributed by atoms with Crippen molar-refractivity contribution < 1.29 is 9.47 Å². The number of nitrogens with one attached hydrogen (secondary N) is 1. The lowest BCUT2D eigenvalue weighted by molar-refractivity contribution is 0.355. The normalized spacial score (nSPS) is 10.7. The second kappa shape index (κ2) is 7.89. The van der Waals surface area contributed by atoms with Crippen molar-refractivity contribution in [3.05, 3.63) is 53.3 Å². The molecule has 0 amide bonds. The first-order chi connectivity index (χ1) is 12.7. The lowest BCUT2D eigenvalue weighted by Gasteiger charge is -2.11. The predicted octanol–water partition coefficient (Wildman–Crippen LogP) is 2.74. The maximum atomic E-state index is 8.98. The SMILES string of the molecule is CNCCc1nc2cc(OC)c(OC)cc2n1Cc1ccc(C#N)cc1. The number of nitriles is 1. The number of hydrogen-bond donors (Lipinski definition) is 1. The summed E-state index contributed by atoms with van der Waals surface area (Å²) in [5, 5.41) is 12.1. The summed E-state index contributed by atoms with van der Waals surface area (Å²) in [5.74, 6) is 2.35. The predicted molar refractivity (Wildman–Crippen MR) is 101 cm³/mol. The van der Waals surface area contributed by atoms with Crippen LogP contribution in [0.5, 0.6) is 11.5 Å². The Morgan fingerprint density at radius 2 is 1.81 bits per heavy atom. The summed E-state index contributed by atoms with van der Waals surface area (Å²) in [5.41, 5.74) is 3.65. The van der Waals surface area contributed by atoms with Crippen molar-refractivity contribution >= 4 is 11.0 Å². The van der Waals surface area contributed by atoms with E-state index in [0.717, 1.165) is 35.4 Å². The molecule has 1 heterocycles. The Balaban J connectivity index is 2.08. The molecular weight excluding hydrogens is 328 g/mol. The molecule has 1 aromatic heterocycles. The molecule has 0 atom stereocenters. The van der Waals surface area contributed by atoms with Crippen LogP contribution in [0, 0.1) is 11.3 Å². The molecule has 6 heteroatoms. The van der Waals surface area contributed by atoms with Crippen LogP contribution in [0.25, 0.3) is 11.0 Å². The summed E-state index contributed by atoms with van der Waals surface area (Å²) < 4.78 is 13.0. The van der Waals surface area contributed by atoms with Gasteiger partial charge < -0.3 is 19.4 Å². The third-order valence-corrected chi connectivity index (χ3v) is 4.35. The van der Waals surface area contributed by atoms with Gasteiger partial charge in [0.05, 0.1) is 36.9 Å². The fraction of sp³-hybridized carbons (Fsp3) is 0.300. The molecule has 0 aliphatic rings. The summed E-state index contributed by atoms with van der Waals surface area (Å²) in [6.07, 6.45) is 0.812. The van der Waals surface area contributed by atoms with Crippen LogP contribution in [0.15, 0.2) is 36.4 Å². The highest BCUT2D eigenvalue weighted by Crippen LogP contribution is 2.32. The van der Waals surface area contributed by atoms with Gasteiger partial charge in [-0.2, -0.15) is 5.26 Å². The fourth-order valence-corrected chi connectivity index (χ4v) is 2.97. The topological polar surface area (TPSA) is 72.1 Å². The van der Waals surface area contributed by atoms with E-state index in [9.17, 15) is 0 Å². The van der Waals surface area contributed by atoms with Gasteiger partial charge in [-0.25, -0.2) is 4.98 Å². The van der Waals surface area contributed by atoms with Crippen LogP contribution < -0.4 is 14.8 Å². The zero-order valence-corrected chi connectivity index (χ0v) is 15.2. The Labute approximate surface area is 153 Å². The first-order valence-electron chi connectivity index (χ1n) is 8.45. The van der Waals surface area contributed by atoms with E-state index in [1.165, 1.54) is 0 Å². The number of aromatic nitrogens is 2. The van der Waals surface area contributed by atoms with Crippen molar-refractivity contribution in [2.75, 3.05) is 27.8 Å². The maximum Gasteiger partial charge on any atom is 0.163 e. The molecule has 3 rings (SSSR count). The molecule has 134 valence electrons. The molecule has 0 bridgehead atoms. The molecule has 0 aliphatic carbocycles. The Kier molecular flexibility index (Phi) is 5.40. The van der Waals surface area contributed by atoms with Crippen molar-refractivity contribution in [1.82, 2.24) is 14.9 Å². The van der Waals surface area contributed by atoms with E-state index < -0.39 is 0 Å². The van der Waals surface area contributed by atoms with Crippen LogP contribution in [0.3, 0.4) is 0 Å². The molecule has 0 unspecified atom stereocenters. The maximum absolute atomic E-state index is 8.98. The average Bonchev–Trinajstić information content (AvgIpc) is 3.02. The lowest BCUT2D eigenvalue weighted by Crippen LogP contribution is -2.14. The Bertz CT molecular complexity index is 939. The van der Waals surface area contributed by atoms with Gasteiger partial charge >= 0.3 is 0 Å². The Morgan fingerprint density at radius 3 is 2.42 bits per heavy atom. The molecule has 0 radical (unpaired) electrons. The van der Waals surface area contributed by atoms with E-state index in [1.807, 2.05) is 43.4 Å². The van der Waals surface area contributed by atoms with Gasteiger partial charge in [-0.1, -0.05) is 12.1 Å². The minimum absolute atomic E-state index is 0.658. The van der Waals surface area contributed by atoms with Crippen molar-refractivity contribution in [3.8, 4) is 17.6 Å². The highest BCUT2D eigenvalue weighted by molar-refractivity contribution is 5.81. The molecule has 0 fully saturated rings. The summed E-state index contributed by atoms with van der Waals surface area (Å²) in [4.78, 5) is 4.80. The number of likely N-dealkylation sites (N-methyl/N-ethyl adjacent to an activating group) is 1. The first kappa shape index (κ1) is 17.8. The van der Waals surface area contributed by atoms with Crippen molar-refractivity contribution in [3.63, 3.8) is 0 Å². The zero-order valence-electron chi connectivity index (χ0n) is 15.2. The van der Waals surface area contributed by atoms with Crippen molar-refractivity contribution in [1.29, 1.82) is 5.26 Å². The molecule has 6 nitrogen and oxygen atoms in total. The number of imidazole rings is 1. The Morgan fingerprint density at radius 1 is 1.12 bits per heavy atom. The van der Waals surface area contributed by atoms with Gasteiger partial charge in [0.15, 0.2) is 11.5 Å². The first-order valence-corrected chi connectivity index (χ1v) is 8.45. The van der Waals surface area contributed by atoms with E-state index in [4.69, 9.17) is 19.7 Å².